The van der Waals surface area contributed by atoms with Gasteiger partial charge in [0.25, 0.3) is 5.69 Å². The Morgan fingerprint density at radius 2 is 1.88 bits per heavy atom. The van der Waals surface area contributed by atoms with Crippen LogP contribution >= 0.6 is 0 Å². The summed E-state index contributed by atoms with van der Waals surface area (Å²) in [4.78, 5) is 28.6. The highest BCUT2D eigenvalue weighted by Gasteiger charge is 2.36. The standard InChI is InChI=1S/C29H32N6O6/c1-20-25(28-32-30-19-40-28)26(22-8-6-11-24(18-22)35(37)38)27(21(2)31-20)41-29(36)39-17-7-12-33-13-15-34(16-14-33)23-9-4-3-5-10-23/h3-6,8-11,18-19,26,31H,7,12-17H2,1-2H3. The van der Waals surface area contributed by atoms with Gasteiger partial charge in [-0.05, 0) is 38.0 Å². The van der Waals surface area contributed by atoms with Crippen molar-refractivity contribution in [3.05, 3.63) is 99.7 Å². The lowest BCUT2D eigenvalue weighted by Crippen LogP contribution is -2.46. The number of carbonyl (C=O) groups excluding carboxylic acids is 1. The van der Waals surface area contributed by atoms with Gasteiger partial charge in [-0.2, -0.15) is 0 Å². The number of aromatic nitrogens is 2. The lowest BCUT2D eigenvalue weighted by molar-refractivity contribution is -0.384. The van der Waals surface area contributed by atoms with Gasteiger partial charge in [0.15, 0.2) is 0 Å². The number of hydrogen-bond donors (Lipinski definition) is 1. The van der Waals surface area contributed by atoms with Crippen molar-refractivity contribution in [3.63, 3.8) is 0 Å². The zero-order valence-corrected chi connectivity index (χ0v) is 23.0. The number of nitrogens with one attached hydrogen (secondary N) is 1. The number of nitro groups is 1. The van der Waals surface area contributed by atoms with Crippen LogP contribution in [0.4, 0.5) is 16.2 Å². The number of para-hydroxylation sites is 1. The number of hydrogen-bond acceptors (Lipinski definition) is 11. The Labute approximate surface area is 237 Å². The number of nitrogens with zero attached hydrogens (tertiary/aromatic N) is 5. The van der Waals surface area contributed by atoms with E-state index in [2.05, 4.69) is 37.4 Å². The highest BCUT2D eigenvalue weighted by molar-refractivity contribution is 5.75. The van der Waals surface area contributed by atoms with Gasteiger partial charge >= 0.3 is 6.16 Å². The maximum atomic E-state index is 12.8. The van der Waals surface area contributed by atoms with Crippen LogP contribution in [-0.4, -0.2) is 65.5 Å². The van der Waals surface area contributed by atoms with Crippen molar-refractivity contribution in [2.75, 3.05) is 44.2 Å². The molecule has 0 saturated carbocycles. The van der Waals surface area contributed by atoms with E-state index in [1.807, 2.05) is 25.1 Å². The SMILES string of the molecule is CC1=C(OC(=O)OCCCN2CCN(c3ccccc3)CC2)C(c2cccc([N+](=O)[O-])c2)C(c2nnco2)=C(C)N1. The number of nitro benzene ring substituents is 1. The molecule has 1 atom stereocenters. The maximum absolute atomic E-state index is 12.8. The molecular formula is C29H32N6O6. The number of anilines is 1. The molecule has 214 valence electrons. The van der Waals surface area contributed by atoms with Gasteiger partial charge in [-0.15, -0.1) is 10.2 Å². The minimum absolute atomic E-state index is 0.0900. The largest absolute Gasteiger partial charge is 0.513 e. The molecule has 2 aliphatic rings. The summed E-state index contributed by atoms with van der Waals surface area (Å²) in [6.45, 7) is 8.35. The summed E-state index contributed by atoms with van der Waals surface area (Å²) in [6, 6.07) is 16.5. The normalized spacial score (nSPS) is 17.8. The first kappa shape index (κ1) is 27.8. The third kappa shape index (κ3) is 6.55. The van der Waals surface area contributed by atoms with Crippen LogP contribution in [0.5, 0.6) is 0 Å². The molecule has 1 saturated heterocycles. The van der Waals surface area contributed by atoms with E-state index in [1.165, 1.54) is 24.2 Å². The highest BCUT2D eigenvalue weighted by Crippen LogP contribution is 2.43. The van der Waals surface area contributed by atoms with Crippen molar-refractivity contribution in [2.45, 2.75) is 26.2 Å². The molecule has 0 radical (unpaired) electrons. The van der Waals surface area contributed by atoms with Crippen LogP contribution < -0.4 is 10.2 Å². The van der Waals surface area contributed by atoms with Gasteiger partial charge in [-0.1, -0.05) is 30.3 Å². The molecule has 1 N–H and O–H groups in total. The molecule has 0 amide bonds. The van der Waals surface area contributed by atoms with Gasteiger partial charge in [0.05, 0.1) is 28.7 Å². The van der Waals surface area contributed by atoms with Crippen molar-refractivity contribution in [1.82, 2.24) is 20.4 Å². The Morgan fingerprint density at radius 1 is 1.10 bits per heavy atom. The Hall–Kier alpha value is -4.71. The number of non-ortho nitro benzene ring substituents is 1. The van der Waals surface area contributed by atoms with Gasteiger partial charge in [-0.3, -0.25) is 15.0 Å². The summed E-state index contributed by atoms with van der Waals surface area (Å²) < 4.78 is 16.7. The van der Waals surface area contributed by atoms with E-state index in [1.54, 1.807) is 19.1 Å². The molecule has 41 heavy (non-hydrogen) atoms. The van der Waals surface area contributed by atoms with Crippen LogP contribution in [-0.2, 0) is 9.47 Å². The molecule has 0 bridgehead atoms. The number of allylic oxidation sites excluding steroid dienone is 3. The van der Waals surface area contributed by atoms with E-state index in [4.69, 9.17) is 13.9 Å². The Balaban J connectivity index is 1.21. The van der Waals surface area contributed by atoms with Gasteiger partial charge in [0.2, 0.25) is 12.3 Å². The Bertz CT molecular complexity index is 1430. The number of rotatable bonds is 9. The van der Waals surface area contributed by atoms with E-state index < -0.39 is 17.0 Å². The van der Waals surface area contributed by atoms with E-state index in [9.17, 15) is 14.9 Å². The molecule has 12 heteroatoms. The zero-order valence-electron chi connectivity index (χ0n) is 23.0. The second-order valence-corrected chi connectivity index (χ2v) is 9.90. The van der Waals surface area contributed by atoms with Crippen molar-refractivity contribution in [1.29, 1.82) is 0 Å². The number of piperazine rings is 1. The quantitative estimate of drug-likeness (QED) is 0.169. The minimum atomic E-state index is -0.852. The molecular weight excluding hydrogens is 528 g/mol. The molecule has 2 aliphatic heterocycles. The predicted molar refractivity (Wildman–Crippen MR) is 151 cm³/mol. The second-order valence-electron chi connectivity index (χ2n) is 9.90. The monoisotopic (exact) mass is 560 g/mol. The maximum Gasteiger partial charge on any atom is 0.513 e. The molecule has 0 aliphatic carbocycles. The fraction of sp³-hybridized carbons (Fsp3) is 0.345. The Morgan fingerprint density at radius 3 is 2.59 bits per heavy atom. The number of benzene rings is 2. The van der Waals surface area contributed by atoms with Gasteiger partial charge < -0.3 is 24.1 Å². The van der Waals surface area contributed by atoms with Crippen molar-refractivity contribution in [2.24, 2.45) is 0 Å². The first-order chi connectivity index (χ1) is 19.9. The number of ether oxygens (including phenoxy) is 2. The first-order valence-corrected chi connectivity index (χ1v) is 13.5. The van der Waals surface area contributed by atoms with Gasteiger partial charge in [0, 0.05) is 56.2 Å². The van der Waals surface area contributed by atoms with Crippen molar-refractivity contribution >= 4 is 23.1 Å². The van der Waals surface area contributed by atoms with Gasteiger partial charge in [0.1, 0.15) is 5.76 Å². The van der Waals surface area contributed by atoms with Crippen molar-refractivity contribution < 1.29 is 23.6 Å². The van der Waals surface area contributed by atoms with Crippen LogP contribution in [0.3, 0.4) is 0 Å². The van der Waals surface area contributed by atoms with Crippen LogP contribution in [0, 0.1) is 10.1 Å². The summed E-state index contributed by atoms with van der Waals surface area (Å²) in [7, 11) is 0. The van der Waals surface area contributed by atoms with Crippen LogP contribution in [0.1, 0.15) is 37.6 Å². The van der Waals surface area contributed by atoms with Crippen molar-refractivity contribution in [3.8, 4) is 0 Å². The fourth-order valence-electron chi connectivity index (χ4n) is 5.25. The first-order valence-electron chi connectivity index (χ1n) is 13.5. The zero-order chi connectivity index (χ0) is 28.8. The average Bonchev–Trinajstić information content (AvgIpc) is 3.52. The molecule has 1 unspecified atom stereocenters. The molecule has 3 aromatic rings. The average molecular weight is 561 g/mol. The second kappa shape index (κ2) is 12.6. The minimum Gasteiger partial charge on any atom is -0.434 e. The molecule has 0 spiro atoms. The van der Waals surface area contributed by atoms with E-state index in [0.29, 0.717) is 29.0 Å². The summed E-state index contributed by atoms with van der Waals surface area (Å²) >= 11 is 0. The summed E-state index contributed by atoms with van der Waals surface area (Å²) in [5, 5.41) is 22.5. The molecule has 12 nitrogen and oxygen atoms in total. The molecule has 1 aromatic heterocycles. The van der Waals surface area contributed by atoms with E-state index in [0.717, 1.165) is 32.7 Å². The van der Waals surface area contributed by atoms with Crippen LogP contribution in [0.2, 0.25) is 0 Å². The molecule has 2 aromatic carbocycles. The third-order valence-electron chi connectivity index (χ3n) is 7.23. The highest BCUT2D eigenvalue weighted by atomic mass is 16.7. The lowest BCUT2D eigenvalue weighted by atomic mass is 9.85. The molecule has 3 heterocycles. The van der Waals surface area contributed by atoms with Crippen LogP contribution in [0.25, 0.3) is 5.57 Å². The van der Waals surface area contributed by atoms with Gasteiger partial charge in [-0.25, -0.2) is 4.79 Å². The fourth-order valence-corrected chi connectivity index (χ4v) is 5.25. The third-order valence-corrected chi connectivity index (χ3v) is 7.23. The number of dihydropyridines is 1. The number of carbonyl (C=O) groups is 1. The molecule has 1 fully saturated rings. The lowest BCUT2D eigenvalue weighted by Gasteiger charge is -2.36. The summed E-state index contributed by atoms with van der Waals surface area (Å²) in [5.74, 6) is -0.266. The predicted octanol–water partition coefficient (Wildman–Crippen LogP) is 4.69. The van der Waals surface area contributed by atoms with E-state index in [-0.39, 0.29) is 23.9 Å². The van der Waals surface area contributed by atoms with E-state index >= 15 is 0 Å². The Kier molecular flexibility index (Phi) is 8.59. The topological polar surface area (TPSA) is 136 Å². The summed E-state index contributed by atoms with van der Waals surface area (Å²) in [6.07, 6.45) is 1.01. The summed E-state index contributed by atoms with van der Waals surface area (Å²) in [5.41, 5.74) is 3.48. The molecule has 5 rings (SSSR count). The van der Waals surface area contributed by atoms with Crippen LogP contribution in [0.15, 0.2) is 82.6 Å². The smallest absolute Gasteiger partial charge is 0.434 e.